The number of hydrogen-bond donors (Lipinski definition) is 2. The Morgan fingerprint density at radius 3 is 2.78 bits per heavy atom. The van der Waals surface area contributed by atoms with Crippen LogP contribution in [0.5, 0.6) is 0 Å². The molecule has 18 heavy (non-hydrogen) atoms. The van der Waals surface area contributed by atoms with Crippen molar-refractivity contribution in [2.24, 2.45) is 11.1 Å². The van der Waals surface area contributed by atoms with Crippen molar-refractivity contribution in [3.8, 4) is 0 Å². The van der Waals surface area contributed by atoms with E-state index in [9.17, 15) is 4.79 Å². The predicted octanol–water partition coefficient (Wildman–Crippen LogP) is 1.35. The molecule has 1 saturated heterocycles. The molecule has 1 amide bonds. The molecule has 0 aliphatic carbocycles. The van der Waals surface area contributed by atoms with E-state index in [2.05, 4.69) is 31.0 Å². The molecule has 4 nitrogen and oxygen atoms in total. The lowest BCUT2D eigenvalue weighted by Crippen LogP contribution is -2.46. The average Bonchev–Trinajstić information content (AvgIpc) is 2.27. The number of likely N-dealkylation sites (tertiary alicyclic amines) is 1. The quantitative estimate of drug-likeness (QED) is 0.722. The van der Waals surface area contributed by atoms with Crippen LogP contribution in [0.1, 0.15) is 46.5 Å². The summed E-state index contributed by atoms with van der Waals surface area (Å²) in [7, 11) is 0. The van der Waals surface area contributed by atoms with Gasteiger partial charge in [0.25, 0.3) is 0 Å². The van der Waals surface area contributed by atoms with E-state index < -0.39 is 0 Å². The Hall–Kier alpha value is -0.610. The molecule has 1 rings (SSSR count). The molecule has 1 unspecified atom stereocenters. The van der Waals surface area contributed by atoms with E-state index >= 15 is 0 Å². The van der Waals surface area contributed by atoms with Gasteiger partial charge in [0.15, 0.2) is 0 Å². The Bertz CT molecular complexity index is 266. The number of carbonyl (C=O) groups excluding carboxylic acids is 1. The van der Waals surface area contributed by atoms with E-state index in [1.165, 1.54) is 12.8 Å². The van der Waals surface area contributed by atoms with Crippen molar-refractivity contribution in [2.75, 3.05) is 26.2 Å². The number of nitrogens with one attached hydrogen (secondary N) is 1. The first-order chi connectivity index (χ1) is 8.44. The van der Waals surface area contributed by atoms with Crippen LogP contribution in [0, 0.1) is 5.41 Å². The molecule has 0 aromatic rings. The van der Waals surface area contributed by atoms with Crippen molar-refractivity contribution in [1.29, 1.82) is 0 Å². The highest BCUT2D eigenvalue weighted by atomic mass is 16.1. The maximum Gasteiger partial charge on any atom is 0.234 e. The molecule has 106 valence electrons. The van der Waals surface area contributed by atoms with Gasteiger partial charge in [0, 0.05) is 13.1 Å². The summed E-state index contributed by atoms with van der Waals surface area (Å²) < 4.78 is 0. The fourth-order valence-electron chi connectivity index (χ4n) is 2.71. The summed E-state index contributed by atoms with van der Waals surface area (Å²) in [6.45, 7) is 10.8. The molecule has 0 radical (unpaired) electrons. The average molecular weight is 255 g/mol. The second kappa shape index (κ2) is 7.10. The summed E-state index contributed by atoms with van der Waals surface area (Å²) in [5, 5.41) is 3.23. The van der Waals surface area contributed by atoms with Crippen molar-refractivity contribution in [2.45, 2.75) is 52.5 Å². The van der Waals surface area contributed by atoms with Crippen molar-refractivity contribution >= 4 is 5.91 Å². The number of piperidine rings is 1. The van der Waals surface area contributed by atoms with Gasteiger partial charge in [-0.25, -0.2) is 0 Å². The van der Waals surface area contributed by atoms with Gasteiger partial charge in [-0.05, 0) is 44.2 Å². The number of amides is 1. The van der Waals surface area contributed by atoms with Crippen LogP contribution in [-0.2, 0) is 4.79 Å². The lowest BCUT2D eigenvalue weighted by molar-refractivity contribution is -0.120. The standard InChI is InChI=1S/C14H29N3O/c1-4-8-16-12(13(15)18)6-10-17-9-5-7-14(2,3)11-17/h12,16H,4-11H2,1-3H3,(H2,15,18). The first-order valence-electron chi connectivity index (χ1n) is 7.19. The molecular weight excluding hydrogens is 226 g/mol. The molecule has 3 N–H and O–H groups in total. The molecule has 1 fully saturated rings. The zero-order chi connectivity index (χ0) is 13.6. The van der Waals surface area contributed by atoms with E-state index in [-0.39, 0.29) is 11.9 Å². The molecule has 0 aromatic carbocycles. The zero-order valence-electron chi connectivity index (χ0n) is 12.2. The molecule has 0 saturated carbocycles. The number of hydrogen-bond acceptors (Lipinski definition) is 3. The van der Waals surface area contributed by atoms with Gasteiger partial charge in [-0.15, -0.1) is 0 Å². The minimum absolute atomic E-state index is 0.171. The van der Waals surface area contributed by atoms with Gasteiger partial charge in [0.05, 0.1) is 6.04 Å². The fourth-order valence-corrected chi connectivity index (χ4v) is 2.71. The third-order valence-corrected chi connectivity index (χ3v) is 3.70. The minimum Gasteiger partial charge on any atom is -0.368 e. The van der Waals surface area contributed by atoms with E-state index in [1.54, 1.807) is 0 Å². The van der Waals surface area contributed by atoms with Gasteiger partial charge >= 0.3 is 0 Å². The summed E-state index contributed by atoms with van der Waals surface area (Å²) >= 11 is 0. The van der Waals surface area contributed by atoms with Gasteiger partial charge in [-0.1, -0.05) is 20.8 Å². The van der Waals surface area contributed by atoms with Crippen LogP contribution in [0.2, 0.25) is 0 Å². The third kappa shape index (κ3) is 5.36. The zero-order valence-corrected chi connectivity index (χ0v) is 12.2. The van der Waals surface area contributed by atoms with Crippen molar-refractivity contribution in [3.63, 3.8) is 0 Å². The van der Waals surface area contributed by atoms with Crippen molar-refractivity contribution < 1.29 is 4.79 Å². The van der Waals surface area contributed by atoms with E-state index in [1.807, 2.05) is 0 Å². The maximum absolute atomic E-state index is 11.3. The largest absolute Gasteiger partial charge is 0.368 e. The van der Waals surface area contributed by atoms with E-state index in [0.29, 0.717) is 5.41 Å². The SMILES string of the molecule is CCCNC(CCN1CCCC(C)(C)C1)C(N)=O. The minimum atomic E-state index is -0.222. The number of nitrogens with zero attached hydrogens (tertiary/aromatic N) is 1. The highest BCUT2D eigenvalue weighted by molar-refractivity contribution is 5.79. The van der Waals surface area contributed by atoms with Gasteiger partial charge < -0.3 is 16.0 Å². The first kappa shape index (κ1) is 15.4. The normalized spacial score (nSPS) is 21.7. The highest BCUT2D eigenvalue weighted by Gasteiger charge is 2.26. The topological polar surface area (TPSA) is 58.4 Å². The molecule has 4 heteroatoms. The van der Waals surface area contributed by atoms with E-state index in [0.717, 1.165) is 39.0 Å². The molecule has 1 atom stereocenters. The summed E-state index contributed by atoms with van der Waals surface area (Å²) in [5.41, 5.74) is 5.84. The lowest BCUT2D eigenvalue weighted by atomic mass is 9.84. The van der Waals surface area contributed by atoms with E-state index in [4.69, 9.17) is 5.73 Å². The molecule has 1 aliphatic heterocycles. The number of carbonyl (C=O) groups is 1. The molecule has 0 aromatic heterocycles. The number of nitrogens with two attached hydrogens (primary N) is 1. The van der Waals surface area contributed by atoms with Crippen LogP contribution >= 0.6 is 0 Å². The smallest absolute Gasteiger partial charge is 0.234 e. The van der Waals surface area contributed by atoms with Crippen molar-refractivity contribution in [3.05, 3.63) is 0 Å². The fraction of sp³-hybridized carbons (Fsp3) is 0.929. The van der Waals surface area contributed by atoms with Crippen LogP contribution in [0.3, 0.4) is 0 Å². The second-order valence-electron chi connectivity index (χ2n) is 6.24. The van der Waals surface area contributed by atoms with Crippen LogP contribution in [0.15, 0.2) is 0 Å². The highest BCUT2D eigenvalue weighted by Crippen LogP contribution is 2.28. The summed E-state index contributed by atoms with van der Waals surface area (Å²) in [6.07, 6.45) is 4.42. The maximum atomic E-state index is 11.3. The van der Waals surface area contributed by atoms with Crippen LogP contribution in [0.25, 0.3) is 0 Å². The summed E-state index contributed by atoms with van der Waals surface area (Å²) in [5.74, 6) is -0.222. The lowest BCUT2D eigenvalue weighted by Gasteiger charge is -2.38. The van der Waals surface area contributed by atoms with Gasteiger partial charge in [0.1, 0.15) is 0 Å². The van der Waals surface area contributed by atoms with Crippen molar-refractivity contribution in [1.82, 2.24) is 10.2 Å². The number of primary amides is 1. The Morgan fingerprint density at radius 1 is 1.50 bits per heavy atom. The molecule has 1 heterocycles. The Kier molecular flexibility index (Phi) is 6.09. The van der Waals surface area contributed by atoms with Gasteiger partial charge in [-0.2, -0.15) is 0 Å². The Balaban J connectivity index is 2.34. The summed E-state index contributed by atoms with van der Waals surface area (Å²) in [6, 6.07) is -0.171. The predicted molar refractivity (Wildman–Crippen MR) is 75.3 cm³/mol. The monoisotopic (exact) mass is 255 g/mol. The Morgan fingerprint density at radius 2 is 2.22 bits per heavy atom. The molecule has 0 spiro atoms. The number of rotatable bonds is 7. The molecular formula is C14H29N3O. The Labute approximate surface area is 111 Å². The molecule has 0 bridgehead atoms. The third-order valence-electron chi connectivity index (χ3n) is 3.70. The van der Waals surface area contributed by atoms with Gasteiger partial charge in [-0.3, -0.25) is 4.79 Å². The first-order valence-corrected chi connectivity index (χ1v) is 7.19. The van der Waals surface area contributed by atoms with Crippen LogP contribution in [0.4, 0.5) is 0 Å². The van der Waals surface area contributed by atoms with Gasteiger partial charge in [0.2, 0.25) is 5.91 Å². The molecule has 1 aliphatic rings. The van der Waals surface area contributed by atoms with Crippen LogP contribution < -0.4 is 11.1 Å². The summed E-state index contributed by atoms with van der Waals surface area (Å²) in [4.78, 5) is 13.8. The second-order valence-corrected chi connectivity index (χ2v) is 6.24. The van der Waals surface area contributed by atoms with Crippen LogP contribution in [-0.4, -0.2) is 43.0 Å².